The molecule has 0 aromatic heterocycles. The second-order valence-corrected chi connectivity index (χ2v) is 9.06. The fourth-order valence-corrected chi connectivity index (χ4v) is 4.54. The van der Waals surface area contributed by atoms with E-state index < -0.39 is 0 Å². The van der Waals surface area contributed by atoms with Gasteiger partial charge in [0.15, 0.2) is 6.61 Å². The van der Waals surface area contributed by atoms with Gasteiger partial charge in [0.1, 0.15) is 5.75 Å². The molecule has 0 bridgehead atoms. The zero-order valence-electron chi connectivity index (χ0n) is 17.2. The smallest absolute Gasteiger partial charge is 0.293 e. The first-order valence-electron chi connectivity index (χ1n) is 10.1. The van der Waals surface area contributed by atoms with Crippen molar-refractivity contribution in [2.75, 3.05) is 32.9 Å². The van der Waals surface area contributed by atoms with Gasteiger partial charge in [-0.25, -0.2) is 0 Å². The minimum absolute atomic E-state index is 0.0344. The Labute approximate surface area is 198 Å². The monoisotopic (exact) mass is 516 g/mol. The summed E-state index contributed by atoms with van der Waals surface area (Å²) >= 11 is 4.38. The predicted octanol–water partition coefficient (Wildman–Crippen LogP) is 3.92. The van der Waals surface area contributed by atoms with Crippen LogP contribution >= 0.6 is 27.7 Å². The number of imide groups is 1. The highest BCUT2D eigenvalue weighted by atomic mass is 79.9. The quantitative estimate of drug-likeness (QED) is 0.541. The van der Waals surface area contributed by atoms with Gasteiger partial charge >= 0.3 is 0 Å². The Morgan fingerprint density at radius 1 is 1.09 bits per heavy atom. The van der Waals surface area contributed by atoms with Crippen LogP contribution in [0.3, 0.4) is 0 Å². The van der Waals surface area contributed by atoms with Crippen LogP contribution in [0.15, 0.2) is 57.9 Å². The molecule has 0 atom stereocenters. The van der Waals surface area contributed by atoms with Crippen molar-refractivity contribution in [2.45, 2.75) is 6.54 Å². The molecule has 0 aliphatic carbocycles. The number of morpholine rings is 1. The van der Waals surface area contributed by atoms with Crippen molar-refractivity contribution < 1.29 is 23.9 Å². The fourth-order valence-electron chi connectivity index (χ4n) is 3.29. The van der Waals surface area contributed by atoms with Crippen LogP contribution in [-0.4, -0.2) is 59.8 Å². The van der Waals surface area contributed by atoms with Crippen LogP contribution < -0.4 is 4.74 Å². The molecule has 2 aliphatic heterocycles. The summed E-state index contributed by atoms with van der Waals surface area (Å²) in [6.07, 6.45) is 1.69. The Hall–Kier alpha value is -2.62. The summed E-state index contributed by atoms with van der Waals surface area (Å²) in [6.45, 7) is 2.44. The van der Waals surface area contributed by atoms with Crippen molar-refractivity contribution in [2.24, 2.45) is 0 Å². The van der Waals surface area contributed by atoms with Gasteiger partial charge in [0.2, 0.25) is 0 Å². The maximum atomic E-state index is 12.8. The van der Waals surface area contributed by atoms with Crippen LogP contribution in [0.5, 0.6) is 5.75 Å². The molecule has 2 saturated heterocycles. The van der Waals surface area contributed by atoms with Crippen LogP contribution in [0.1, 0.15) is 11.1 Å². The van der Waals surface area contributed by atoms with E-state index >= 15 is 0 Å². The number of benzene rings is 2. The number of ether oxygens (including phenoxy) is 2. The third kappa shape index (κ3) is 5.40. The topological polar surface area (TPSA) is 76.2 Å². The minimum Gasteiger partial charge on any atom is -0.484 e. The molecule has 2 fully saturated rings. The summed E-state index contributed by atoms with van der Waals surface area (Å²) in [4.78, 5) is 40.7. The van der Waals surface area contributed by atoms with Gasteiger partial charge in [-0.3, -0.25) is 19.3 Å². The zero-order valence-corrected chi connectivity index (χ0v) is 19.6. The van der Waals surface area contributed by atoms with E-state index in [9.17, 15) is 14.4 Å². The molecule has 2 aliphatic rings. The largest absolute Gasteiger partial charge is 0.484 e. The molecule has 4 rings (SSSR count). The molecule has 2 aromatic rings. The van der Waals surface area contributed by atoms with E-state index in [1.807, 2.05) is 24.3 Å². The molecule has 32 heavy (non-hydrogen) atoms. The molecule has 0 N–H and O–H groups in total. The lowest BCUT2D eigenvalue weighted by Crippen LogP contribution is -2.42. The first kappa shape index (κ1) is 22.6. The lowest BCUT2D eigenvalue weighted by Gasteiger charge is -2.26. The number of carbonyl (C=O) groups is 3. The van der Waals surface area contributed by atoms with E-state index in [2.05, 4.69) is 15.9 Å². The molecular formula is C23H21BrN2O5S. The summed E-state index contributed by atoms with van der Waals surface area (Å²) < 4.78 is 11.7. The molecule has 7 nitrogen and oxygen atoms in total. The number of thioether (sulfide) groups is 1. The van der Waals surface area contributed by atoms with Gasteiger partial charge in [-0.1, -0.05) is 46.3 Å². The SMILES string of the molecule is O=C(COc1ccc(/C=C2\SC(=O)N(Cc3ccccc3Br)C2=O)cc1)N1CCOCC1. The Balaban J connectivity index is 1.36. The van der Waals surface area contributed by atoms with E-state index in [-0.39, 0.29) is 30.2 Å². The summed E-state index contributed by atoms with van der Waals surface area (Å²) in [5.74, 6) is 0.175. The third-order valence-corrected chi connectivity index (χ3v) is 6.74. The highest BCUT2D eigenvalue weighted by molar-refractivity contribution is 9.10. The molecule has 0 spiro atoms. The molecule has 0 radical (unpaired) electrons. The molecule has 0 saturated carbocycles. The van der Waals surface area contributed by atoms with Gasteiger partial charge in [0.05, 0.1) is 24.7 Å². The van der Waals surface area contributed by atoms with Gasteiger partial charge in [-0.15, -0.1) is 0 Å². The number of nitrogens with zero attached hydrogens (tertiary/aromatic N) is 2. The number of hydrogen-bond acceptors (Lipinski definition) is 6. The molecule has 2 heterocycles. The van der Waals surface area contributed by atoms with Crippen LogP contribution in [0, 0.1) is 0 Å². The Morgan fingerprint density at radius 2 is 1.81 bits per heavy atom. The molecule has 3 amide bonds. The van der Waals surface area contributed by atoms with Crippen molar-refractivity contribution in [1.29, 1.82) is 0 Å². The number of hydrogen-bond donors (Lipinski definition) is 0. The normalized spacial score (nSPS) is 17.8. The first-order chi connectivity index (χ1) is 15.5. The van der Waals surface area contributed by atoms with Crippen LogP contribution in [0.4, 0.5) is 4.79 Å². The average Bonchev–Trinajstić information content (AvgIpc) is 3.07. The van der Waals surface area contributed by atoms with Gasteiger partial charge < -0.3 is 14.4 Å². The maximum Gasteiger partial charge on any atom is 0.293 e. The fraction of sp³-hybridized carbons (Fsp3) is 0.261. The van der Waals surface area contributed by atoms with Crippen molar-refractivity contribution in [1.82, 2.24) is 9.80 Å². The Kier molecular flexibility index (Phi) is 7.29. The lowest BCUT2D eigenvalue weighted by molar-refractivity contribution is -0.137. The summed E-state index contributed by atoms with van der Waals surface area (Å²) in [6, 6.07) is 14.6. The lowest BCUT2D eigenvalue weighted by atomic mass is 10.2. The summed E-state index contributed by atoms with van der Waals surface area (Å²) in [5, 5.41) is -0.293. The molecule has 2 aromatic carbocycles. The minimum atomic E-state index is -0.313. The van der Waals surface area contributed by atoms with E-state index in [0.717, 1.165) is 27.4 Å². The second-order valence-electron chi connectivity index (χ2n) is 7.21. The van der Waals surface area contributed by atoms with Crippen LogP contribution in [0.2, 0.25) is 0 Å². The van der Waals surface area contributed by atoms with Gasteiger partial charge in [0.25, 0.3) is 17.1 Å². The Morgan fingerprint density at radius 3 is 2.53 bits per heavy atom. The van der Waals surface area contributed by atoms with Crippen LogP contribution in [0.25, 0.3) is 6.08 Å². The van der Waals surface area contributed by atoms with E-state index in [1.54, 1.807) is 35.2 Å². The zero-order chi connectivity index (χ0) is 22.5. The van der Waals surface area contributed by atoms with Crippen molar-refractivity contribution in [3.8, 4) is 5.75 Å². The third-order valence-electron chi connectivity index (χ3n) is 5.06. The van der Waals surface area contributed by atoms with Gasteiger partial charge in [-0.05, 0) is 47.2 Å². The maximum absolute atomic E-state index is 12.8. The molecule has 9 heteroatoms. The Bertz CT molecular complexity index is 1050. The highest BCUT2D eigenvalue weighted by Crippen LogP contribution is 2.34. The summed E-state index contributed by atoms with van der Waals surface area (Å²) in [5.41, 5.74) is 1.63. The molecule has 166 valence electrons. The predicted molar refractivity (Wildman–Crippen MR) is 125 cm³/mol. The number of amides is 3. The standard InChI is InChI=1S/C23H21BrN2O5S/c24-19-4-2-1-3-17(19)14-26-22(28)20(32-23(26)29)13-16-5-7-18(8-6-16)31-15-21(27)25-9-11-30-12-10-25/h1-8,13H,9-12,14-15H2/b20-13-. The number of carbonyl (C=O) groups excluding carboxylic acids is 3. The van der Waals surface area contributed by atoms with E-state index in [0.29, 0.717) is 37.0 Å². The van der Waals surface area contributed by atoms with Gasteiger partial charge in [0, 0.05) is 17.6 Å². The first-order valence-corrected chi connectivity index (χ1v) is 11.7. The molecular weight excluding hydrogens is 496 g/mol. The molecule has 0 unspecified atom stereocenters. The highest BCUT2D eigenvalue weighted by Gasteiger charge is 2.35. The number of rotatable bonds is 6. The number of halogens is 1. The van der Waals surface area contributed by atoms with E-state index in [1.165, 1.54) is 4.90 Å². The second kappa shape index (κ2) is 10.3. The summed E-state index contributed by atoms with van der Waals surface area (Å²) in [7, 11) is 0. The average molecular weight is 517 g/mol. The van der Waals surface area contributed by atoms with Crippen molar-refractivity contribution >= 4 is 50.8 Å². The van der Waals surface area contributed by atoms with E-state index in [4.69, 9.17) is 9.47 Å². The van der Waals surface area contributed by atoms with Crippen molar-refractivity contribution in [3.05, 3.63) is 69.0 Å². The van der Waals surface area contributed by atoms with Gasteiger partial charge in [-0.2, -0.15) is 0 Å². The van der Waals surface area contributed by atoms with Crippen LogP contribution in [-0.2, 0) is 20.9 Å². The van der Waals surface area contributed by atoms with Crippen molar-refractivity contribution in [3.63, 3.8) is 0 Å².